The molecule has 0 bridgehead atoms. The van der Waals surface area contributed by atoms with Crippen LogP contribution in [0.25, 0.3) is 11.3 Å². The van der Waals surface area contributed by atoms with Gasteiger partial charge in [-0.25, -0.2) is 4.39 Å². The third-order valence-electron chi connectivity index (χ3n) is 2.64. The third kappa shape index (κ3) is 2.49. The Morgan fingerprint density at radius 1 is 1.42 bits per heavy atom. The van der Waals surface area contributed by atoms with Crippen LogP contribution in [0.2, 0.25) is 0 Å². The molecule has 100 valence electrons. The average Bonchev–Trinajstić information content (AvgIpc) is 2.70. The lowest BCUT2D eigenvalue weighted by molar-refractivity contribution is -0.136. The molecule has 19 heavy (non-hydrogen) atoms. The summed E-state index contributed by atoms with van der Waals surface area (Å²) in [4.78, 5) is 22.3. The number of ether oxygens (including phenoxy) is 1. The molecule has 2 rings (SSSR count). The van der Waals surface area contributed by atoms with E-state index in [1.54, 1.807) is 0 Å². The number of carboxylic acid groups (broad SMARTS) is 1. The highest BCUT2D eigenvalue weighted by atomic mass is 19.1. The summed E-state index contributed by atoms with van der Waals surface area (Å²) in [5.41, 5.74) is -0.0269. The van der Waals surface area contributed by atoms with Gasteiger partial charge in [0.2, 0.25) is 0 Å². The Hall–Kier alpha value is -2.57. The number of nitrogens with one attached hydrogen (secondary N) is 2. The van der Waals surface area contributed by atoms with E-state index in [4.69, 9.17) is 9.84 Å². The smallest absolute Gasteiger partial charge is 0.308 e. The molecular formula is C12H11FN2O4. The van der Waals surface area contributed by atoms with Crippen molar-refractivity contribution in [3.05, 3.63) is 39.9 Å². The van der Waals surface area contributed by atoms with Crippen LogP contribution >= 0.6 is 0 Å². The Balaban J connectivity index is 2.62. The van der Waals surface area contributed by atoms with Crippen molar-refractivity contribution >= 4 is 5.97 Å². The molecule has 0 saturated heterocycles. The monoisotopic (exact) mass is 266 g/mol. The molecule has 0 aliphatic heterocycles. The molecule has 1 aromatic heterocycles. The van der Waals surface area contributed by atoms with Crippen molar-refractivity contribution in [2.45, 2.75) is 6.42 Å². The van der Waals surface area contributed by atoms with Gasteiger partial charge in [0.05, 0.1) is 24.8 Å². The normalized spacial score (nSPS) is 10.4. The summed E-state index contributed by atoms with van der Waals surface area (Å²) >= 11 is 0. The number of hydrogen-bond donors (Lipinski definition) is 3. The molecule has 0 amide bonds. The summed E-state index contributed by atoms with van der Waals surface area (Å²) in [7, 11) is 1.40. The van der Waals surface area contributed by atoms with Gasteiger partial charge < -0.3 is 9.84 Å². The number of aromatic amines is 2. The summed E-state index contributed by atoms with van der Waals surface area (Å²) in [5, 5.41) is 13.6. The summed E-state index contributed by atoms with van der Waals surface area (Å²) in [6.07, 6.45) is -0.464. The lowest BCUT2D eigenvalue weighted by Gasteiger charge is -2.08. The first-order valence-electron chi connectivity index (χ1n) is 5.38. The number of aliphatic carboxylic acids is 1. The molecule has 2 aromatic rings. The predicted octanol–water partition coefficient (Wildman–Crippen LogP) is 1.14. The minimum absolute atomic E-state index is 0.0244. The zero-order valence-electron chi connectivity index (χ0n) is 9.99. The zero-order valence-corrected chi connectivity index (χ0v) is 9.99. The molecule has 1 aromatic carbocycles. The van der Waals surface area contributed by atoms with E-state index in [9.17, 15) is 14.0 Å². The van der Waals surface area contributed by atoms with Crippen LogP contribution in [0.4, 0.5) is 4.39 Å². The van der Waals surface area contributed by atoms with E-state index in [1.807, 2.05) is 0 Å². The number of H-pyrrole nitrogens is 2. The standard InChI is InChI=1S/C12H11FN2O4/c1-19-9-3-2-6(13)4-7(9)11-8(5-10(16)17)12(18)15-14-11/h2-4H,5H2,1H3,(H,16,17)(H2,14,15,18). The second-order valence-electron chi connectivity index (χ2n) is 3.85. The van der Waals surface area contributed by atoms with Crippen molar-refractivity contribution in [2.75, 3.05) is 7.11 Å². The number of hydrogen-bond acceptors (Lipinski definition) is 3. The topological polar surface area (TPSA) is 95.2 Å². The van der Waals surface area contributed by atoms with Crippen molar-refractivity contribution < 1.29 is 19.0 Å². The van der Waals surface area contributed by atoms with Crippen LogP contribution in [0.1, 0.15) is 5.56 Å². The minimum Gasteiger partial charge on any atom is -0.496 e. The number of rotatable bonds is 4. The maximum absolute atomic E-state index is 13.3. The van der Waals surface area contributed by atoms with Crippen LogP contribution in [0.5, 0.6) is 5.75 Å². The molecule has 0 aliphatic carbocycles. The Labute approximate surface area is 106 Å². The van der Waals surface area contributed by atoms with Crippen molar-refractivity contribution in [3.63, 3.8) is 0 Å². The summed E-state index contributed by atoms with van der Waals surface area (Å²) < 4.78 is 18.4. The molecule has 0 spiro atoms. The summed E-state index contributed by atoms with van der Waals surface area (Å²) in [6.45, 7) is 0. The third-order valence-corrected chi connectivity index (χ3v) is 2.64. The first kappa shape index (κ1) is 12.9. The van der Waals surface area contributed by atoms with Crippen LogP contribution in [0, 0.1) is 5.82 Å². The van der Waals surface area contributed by atoms with Gasteiger partial charge in [0.15, 0.2) is 0 Å². The van der Waals surface area contributed by atoms with E-state index in [1.165, 1.54) is 25.3 Å². The fourth-order valence-electron chi connectivity index (χ4n) is 1.81. The van der Waals surface area contributed by atoms with Crippen LogP contribution in [0.3, 0.4) is 0 Å². The number of methoxy groups -OCH3 is 1. The Morgan fingerprint density at radius 2 is 2.16 bits per heavy atom. The van der Waals surface area contributed by atoms with Gasteiger partial charge in [-0.1, -0.05) is 0 Å². The van der Waals surface area contributed by atoms with Crippen molar-refractivity contribution in [1.82, 2.24) is 10.2 Å². The molecule has 0 atom stereocenters. The minimum atomic E-state index is -1.15. The molecule has 3 N–H and O–H groups in total. The van der Waals surface area contributed by atoms with Gasteiger partial charge >= 0.3 is 5.97 Å². The lowest BCUT2D eigenvalue weighted by atomic mass is 10.0. The Kier molecular flexibility index (Phi) is 3.37. The Bertz CT molecular complexity index is 675. The maximum Gasteiger partial charge on any atom is 0.308 e. The zero-order chi connectivity index (χ0) is 14.0. The van der Waals surface area contributed by atoms with Crippen LogP contribution < -0.4 is 10.3 Å². The van der Waals surface area contributed by atoms with Gasteiger partial charge in [-0.2, -0.15) is 0 Å². The molecule has 0 radical (unpaired) electrons. The van der Waals surface area contributed by atoms with E-state index in [0.29, 0.717) is 5.75 Å². The van der Waals surface area contributed by atoms with Gasteiger partial charge in [-0.15, -0.1) is 0 Å². The van der Waals surface area contributed by atoms with E-state index < -0.39 is 23.8 Å². The fourth-order valence-corrected chi connectivity index (χ4v) is 1.81. The Morgan fingerprint density at radius 3 is 2.79 bits per heavy atom. The molecule has 0 saturated carbocycles. The summed E-state index contributed by atoms with van der Waals surface area (Å²) in [5.74, 6) is -1.33. The number of aromatic nitrogens is 2. The molecular weight excluding hydrogens is 255 g/mol. The van der Waals surface area contributed by atoms with E-state index >= 15 is 0 Å². The second-order valence-corrected chi connectivity index (χ2v) is 3.85. The van der Waals surface area contributed by atoms with Gasteiger partial charge in [0.1, 0.15) is 11.6 Å². The van der Waals surface area contributed by atoms with Crippen LogP contribution in [0.15, 0.2) is 23.0 Å². The quantitative estimate of drug-likeness (QED) is 0.773. The van der Waals surface area contributed by atoms with Gasteiger partial charge in [0, 0.05) is 5.56 Å². The molecule has 0 fully saturated rings. The second kappa shape index (κ2) is 4.97. The average molecular weight is 266 g/mol. The van der Waals surface area contributed by atoms with Gasteiger partial charge in [-0.05, 0) is 18.2 Å². The van der Waals surface area contributed by atoms with Crippen molar-refractivity contribution in [2.24, 2.45) is 0 Å². The highest BCUT2D eigenvalue weighted by Crippen LogP contribution is 2.30. The number of carboxylic acids is 1. The number of benzene rings is 1. The highest BCUT2D eigenvalue weighted by molar-refractivity contribution is 5.76. The van der Waals surface area contributed by atoms with E-state index in [-0.39, 0.29) is 16.8 Å². The molecule has 7 heteroatoms. The van der Waals surface area contributed by atoms with Crippen molar-refractivity contribution in [1.29, 1.82) is 0 Å². The largest absolute Gasteiger partial charge is 0.496 e. The lowest BCUT2D eigenvalue weighted by Crippen LogP contribution is -2.11. The van der Waals surface area contributed by atoms with Crippen LogP contribution in [-0.2, 0) is 11.2 Å². The first-order valence-corrected chi connectivity index (χ1v) is 5.38. The van der Waals surface area contributed by atoms with E-state index in [2.05, 4.69) is 10.2 Å². The molecule has 0 aliphatic rings. The highest BCUT2D eigenvalue weighted by Gasteiger charge is 2.18. The van der Waals surface area contributed by atoms with Gasteiger partial charge in [-0.3, -0.25) is 19.8 Å². The maximum atomic E-state index is 13.3. The molecule has 0 unspecified atom stereocenters. The van der Waals surface area contributed by atoms with Gasteiger partial charge in [0.25, 0.3) is 5.56 Å². The van der Waals surface area contributed by atoms with E-state index in [0.717, 1.165) is 0 Å². The number of halogens is 1. The van der Waals surface area contributed by atoms with Crippen molar-refractivity contribution in [3.8, 4) is 17.0 Å². The predicted molar refractivity (Wildman–Crippen MR) is 64.7 cm³/mol. The SMILES string of the molecule is COc1ccc(F)cc1-c1[nH][nH]c(=O)c1CC(=O)O. The van der Waals surface area contributed by atoms with Crippen LogP contribution in [-0.4, -0.2) is 28.4 Å². The fraction of sp³-hybridized carbons (Fsp3) is 0.167. The first-order chi connectivity index (χ1) is 9.02. The number of carbonyl (C=O) groups is 1. The molecule has 6 nitrogen and oxygen atoms in total. The summed E-state index contributed by atoms with van der Waals surface area (Å²) in [6, 6.07) is 3.79. The molecule has 1 heterocycles.